The molecule has 3 rings (SSSR count). The summed E-state index contributed by atoms with van der Waals surface area (Å²) in [5, 5.41) is 2.70. The maximum Gasteiger partial charge on any atom is 0.248 e. The van der Waals surface area contributed by atoms with Crippen LogP contribution in [0.25, 0.3) is 6.08 Å². The van der Waals surface area contributed by atoms with Gasteiger partial charge in [-0.2, -0.15) is 4.31 Å². The van der Waals surface area contributed by atoms with Gasteiger partial charge < -0.3 is 19.5 Å². The Bertz CT molecular complexity index is 1080. The number of benzene rings is 2. The maximum absolute atomic E-state index is 12.9. The Hall–Kier alpha value is -2.88. The quantitative estimate of drug-likeness (QED) is 0.658. The van der Waals surface area contributed by atoms with Crippen molar-refractivity contribution in [2.75, 3.05) is 45.8 Å². The number of carbonyl (C=O) groups is 1. The van der Waals surface area contributed by atoms with Crippen molar-refractivity contribution in [2.24, 2.45) is 0 Å². The van der Waals surface area contributed by atoms with Gasteiger partial charge in [0.15, 0.2) is 0 Å². The molecule has 2 aromatic carbocycles. The Balaban J connectivity index is 1.83. The van der Waals surface area contributed by atoms with Gasteiger partial charge >= 0.3 is 0 Å². The van der Waals surface area contributed by atoms with E-state index in [1.165, 1.54) is 35.7 Å². The monoisotopic (exact) mass is 446 g/mol. The van der Waals surface area contributed by atoms with Crippen LogP contribution in [0.15, 0.2) is 47.4 Å². The van der Waals surface area contributed by atoms with Gasteiger partial charge in [-0.1, -0.05) is 11.6 Å². The Kier molecular flexibility index (Phi) is 7.32. The molecule has 0 spiro atoms. The fourth-order valence-corrected chi connectivity index (χ4v) is 4.64. The van der Waals surface area contributed by atoms with Crippen molar-refractivity contribution in [1.29, 1.82) is 0 Å². The fraction of sp³-hybridized carbons (Fsp3) is 0.318. The van der Waals surface area contributed by atoms with E-state index in [-0.39, 0.29) is 23.7 Å². The van der Waals surface area contributed by atoms with E-state index in [1.54, 1.807) is 13.2 Å². The fourth-order valence-electron chi connectivity index (χ4n) is 3.21. The van der Waals surface area contributed by atoms with Crippen molar-refractivity contribution in [3.05, 3.63) is 53.6 Å². The number of hydrogen-bond donors (Lipinski definition) is 1. The molecule has 2 aromatic rings. The first-order valence-electron chi connectivity index (χ1n) is 9.75. The van der Waals surface area contributed by atoms with E-state index < -0.39 is 15.9 Å². The first-order chi connectivity index (χ1) is 14.8. The SMILES string of the molecule is COc1ccc(C)cc1/C=C/C(=O)Nc1cc(S(=O)(=O)N2CCOCC2)ccc1OC. The number of rotatable bonds is 7. The lowest BCUT2D eigenvalue weighted by molar-refractivity contribution is -0.111. The number of morpholine rings is 1. The van der Waals surface area contributed by atoms with Crippen LogP contribution in [0.5, 0.6) is 11.5 Å². The van der Waals surface area contributed by atoms with Crippen LogP contribution in [0.4, 0.5) is 5.69 Å². The predicted molar refractivity (Wildman–Crippen MR) is 118 cm³/mol. The highest BCUT2D eigenvalue weighted by Crippen LogP contribution is 2.29. The molecule has 0 saturated carbocycles. The van der Waals surface area contributed by atoms with Crippen molar-refractivity contribution in [1.82, 2.24) is 4.31 Å². The Morgan fingerprint density at radius 1 is 1.06 bits per heavy atom. The first kappa shape index (κ1) is 22.8. The second kappa shape index (κ2) is 9.95. The highest BCUT2D eigenvalue weighted by molar-refractivity contribution is 7.89. The minimum Gasteiger partial charge on any atom is -0.496 e. The molecule has 166 valence electrons. The van der Waals surface area contributed by atoms with Crippen molar-refractivity contribution in [3.8, 4) is 11.5 Å². The molecular weight excluding hydrogens is 420 g/mol. The average Bonchev–Trinajstić information content (AvgIpc) is 2.78. The second-order valence-electron chi connectivity index (χ2n) is 6.95. The summed E-state index contributed by atoms with van der Waals surface area (Å²) in [5.74, 6) is 0.574. The van der Waals surface area contributed by atoms with Crippen LogP contribution < -0.4 is 14.8 Å². The number of nitrogens with zero attached hydrogens (tertiary/aromatic N) is 1. The van der Waals surface area contributed by atoms with Crippen molar-refractivity contribution >= 4 is 27.7 Å². The van der Waals surface area contributed by atoms with Gasteiger partial charge in [0, 0.05) is 24.7 Å². The van der Waals surface area contributed by atoms with E-state index in [1.807, 2.05) is 25.1 Å². The lowest BCUT2D eigenvalue weighted by Crippen LogP contribution is -2.40. The first-order valence-corrected chi connectivity index (χ1v) is 11.2. The molecule has 1 fully saturated rings. The lowest BCUT2D eigenvalue weighted by Gasteiger charge is -2.26. The van der Waals surface area contributed by atoms with Crippen molar-refractivity contribution in [3.63, 3.8) is 0 Å². The van der Waals surface area contributed by atoms with E-state index in [0.29, 0.717) is 24.7 Å². The highest BCUT2D eigenvalue weighted by atomic mass is 32.2. The van der Waals surface area contributed by atoms with E-state index in [4.69, 9.17) is 14.2 Å². The zero-order chi connectivity index (χ0) is 22.4. The minimum absolute atomic E-state index is 0.0785. The predicted octanol–water partition coefficient (Wildman–Crippen LogP) is 2.69. The molecule has 1 saturated heterocycles. The molecule has 0 radical (unpaired) electrons. The number of carbonyl (C=O) groups excluding carboxylic acids is 1. The normalized spacial score (nSPS) is 15.1. The van der Waals surface area contributed by atoms with Crippen LogP contribution in [0.3, 0.4) is 0 Å². The van der Waals surface area contributed by atoms with Gasteiger partial charge in [0.1, 0.15) is 11.5 Å². The molecule has 0 aliphatic carbocycles. The second-order valence-corrected chi connectivity index (χ2v) is 8.88. The van der Waals surface area contributed by atoms with Gasteiger partial charge in [-0.3, -0.25) is 4.79 Å². The molecular formula is C22H26N2O6S. The number of ether oxygens (including phenoxy) is 3. The molecule has 0 unspecified atom stereocenters. The summed E-state index contributed by atoms with van der Waals surface area (Å²) < 4.78 is 43.1. The summed E-state index contributed by atoms with van der Waals surface area (Å²) in [6, 6.07) is 10.0. The molecule has 0 aromatic heterocycles. The van der Waals surface area contributed by atoms with Crippen LogP contribution in [-0.4, -0.2) is 59.2 Å². The van der Waals surface area contributed by atoms with E-state index in [9.17, 15) is 13.2 Å². The Morgan fingerprint density at radius 3 is 2.42 bits per heavy atom. The van der Waals surface area contributed by atoms with Crippen LogP contribution in [-0.2, 0) is 19.6 Å². The number of nitrogens with one attached hydrogen (secondary N) is 1. The summed E-state index contributed by atoms with van der Waals surface area (Å²) >= 11 is 0. The Morgan fingerprint density at radius 2 is 1.74 bits per heavy atom. The molecule has 9 heteroatoms. The molecule has 8 nitrogen and oxygen atoms in total. The number of anilines is 1. The number of sulfonamides is 1. The lowest BCUT2D eigenvalue weighted by atomic mass is 10.1. The summed E-state index contributed by atoms with van der Waals surface area (Å²) in [5.41, 5.74) is 2.06. The molecule has 31 heavy (non-hydrogen) atoms. The van der Waals surface area contributed by atoms with E-state index in [2.05, 4.69) is 5.32 Å². The summed E-state index contributed by atoms with van der Waals surface area (Å²) in [7, 11) is -0.687. The number of hydrogen-bond acceptors (Lipinski definition) is 6. The average molecular weight is 447 g/mol. The van der Waals surface area contributed by atoms with Crippen molar-refractivity contribution < 1.29 is 27.4 Å². The van der Waals surface area contributed by atoms with E-state index in [0.717, 1.165) is 11.1 Å². The summed E-state index contributed by atoms with van der Waals surface area (Å²) in [6.07, 6.45) is 3.00. The Labute approximate surface area is 182 Å². The molecule has 0 atom stereocenters. The van der Waals surface area contributed by atoms with Gasteiger partial charge in [-0.15, -0.1) is 0 Å². The van der Waals surface area contributed by atoms with E-state index >= 15 is 0 Å². The third-order valence-corrected chi connectivity index (χ3v) is 6.73. The van der Waals surface area contributed by atoms with Gasteiger partial charge in [0.05, 0.1) is 38.0 Å². The topological polar surface area (TPSA) is 94.2 Å². The third-order valence-electron chi connectivity index (χ3n) is 4.84. The molecule has 0 bridgehead atoms. The largest absolute Gasteiger partial charge is 0.496 e. The number of amides is 1. The number of aryl methyl sites for hydroxylation is 1. The van der Waals surface area contributed by atoms with Gasteiger partial charge in [0.2, 0.25) is 15.9 Å². The van der Waals surface area contributed by atoms with Gasteiger partial charge in [0.25, 0.3) is 0 Å². The van der Waals surface area contributed by atoms with Crippen LogP contribution >= 0.6 is 0 Å². The maximum atomic E-state index is 12.9. The summed E-state index contributed by atoms with van der Waals surface area (Å²) in [4.78, 5) is 12.6. The zero-order valence-electron chi connectivity index (χ0n) is 17.8. The van der Waals surface area contributed by atoms with Crippen LogP contribution in [0, 0.1) is 6.92 Å². The molecule has 1 amide bonds. The van der Waals surface area contributed by atoms with Crippen LogP contribution in [0.1, 0.15) is 11.1 Å². The molecule has 1 N–H and O–H groups in total. The standard InChI is InChI=1S/C22H26N2O6S/c1-16-4-7-20(28-2)17(14-16)5-9-22(25)23-19-15-18(6-8-21(19)29-3)31(26,27)24-10-12-30-13-11-24/h4-9,14-15H,10-13H2,1-3H3,(H,23,25)/b9-5+. The number of methoxy groups -OCH3 is 2. The third kappa shape index (κ3) is 5.43. The van der Waals surface area contributed by atoms with Gasteiger partial charge in [-0.25, -0.2) is 8.42 Å². The molecule has 1 aliphatic rings. The van der Waals surface area contributed by atoms with Crippen LogP contribution in [0.2, 0.25) is 0 Å². The minimum atomic E-state index is -3.70. The highest BCUT2D eigenvalue weighted by Gasteiger charge is 2.27. The van der Waals surface area contributed by atoms with Gasteiger partial charge in [-0.05, 0) is 43.3 Å². The smallest absolute Gasteiger partial charge is 0.248 e. The summed E-state index contributed by atoms with van der Waals surface area (Å²) in [6.45, 7) is 3.23. The molecule has 1 aliphatic heterocycles. The molecule has 1 heterocycles. The zero-order valence-corrected chi connectivity index (χ0v) is 18.6. The van der Waals surface area contributed by atoms with Crippen molar-refractivity contribution in [2.45, 2.75) is 11.8 Å².